The van der Waals surface area contributed by atoms with Gasteiger partial charge in [0.25, 0.3) is 5.91 Å². The monoisotopic (exact) mass is 325 g/mol. The van der Waals surface area contributed by atoms with Crippen molar-refractivity contribution in [1.29, 1.82) is 0 Å². The van der Waals surface area contributed by atoms with Gasteiger partial charge in [0.1, 0.15) is 6.04 Å². The molecule has 118 valence electrons. The number of nitrogens with zero attached hydrogens (tertiary/aromatic N) is 2. The van der Waals surface area contributed by atoms with Gasteiger partial charge in [0.15, 0.2) is 6.10 Å². The number of Topliss-reactive ketones (excluding diaryl/α,β-unsaturated/α-hetero) is 1. The Morgan fingerprint density at radius 2 is 2.27 bits per heavy atom. The normalized spacial score (nSPS) is 12.8. The van der Waals surface area contributed by atoms with Gasteiger partial charge in [-0.15, -0.1) is 0 Å². The van der Waals surface area contributed by atoms with Crippen molar-refractivity contribution in [2.75, 3.05) is 7.11 Å². The fourth-order valence-electron chi connectivity index (χ4n) is 1.74. The van der Waals surface area contributed by atoms with Crippen LogP contribution in [0.1, 0.15) is 24.5 Å². The van der Waals surface area contributed by atoms with Crippen molar-refractivity contribution in [3.8, 4) is 0 Å². The molecular formula is C13H15N3O5S. The number of thiophene rings is 1. The minimum atomic E-state index is -1.26. The minimum Gasteiger partial charge on any atom is -0.480 e. The summed E-state index contributed by atoms with van der Waals surface area (Å²) in [6.07, 6.45) is -0.518. The van der Waals surface area contributed by atoms with Crippen LogP contribution in [-0.2, 0) is 19.1 Å². The molecule has 0 aliphatic rings. The summed E-state index contributed by atoms with van der Waals surface area (Å²) in [5, 5.41) is 14.9. The van der Waals surface area contributed by atoms with Gasteiger partial charge in [0.05, 0.1) is 0 Å². The van der Waals surface area contributed by atoms with Crippen LogP contribution in [0.3, 0.4) is 0 Å². The Bertz CT molecular complexity index is 581. The number of ether oxygens (including phenoxy) is 1. The van der Waals surface area contributed by atoms with Gasteiger partial charge in [-0.3, -0.25) is 9.59 Å². The summed E-state index contributed by atoms with van der Waals surface area (Å²) in [6, 6.07) is 0.468. The van der Waals surface area contributed by atoms with Crippen molar-refractivity contribution in [3.63, 3.8) is 0 Å². The highest BCUT2D eigenvalue weighted by atomic mass is 32.1. The number of hydrogen-bond acceptors (Lipinski definition) is 5. The standard InChI is InChI=1S/C13H15N3O5S/c1-21-11(8-4-5-22-7-8)12(18)16-10(13(19)20)3-2-9(17)6-15-14/h4-7,10-11H,2-3H2,1H3,(H,16,18)(H,19,20)/t10-,11+/m0/s1. The van der Waals surface area contributed by atoms with Crippen molar-refractivity contribution in [2.24, 2.45) is 0 Å². The molecular weight excluding hydrogens is 310 g/mol. The van der Waals surface area contributed by atoms with Crippen LogP contribution in [0.4, 0.5) is 0 Å². The van der Waals surface area contributed by atoms with Crippen molar-refractivity contribution < 1.29 is 29.0 Å². The van der Waals surface area contributed by atoms with E-state index >= 15 is 0 Å². The predicted octanol–water partition coefficient (Wildman–Crippen LogP) is 0.655. The number of carboxylic acid groups (broad SMARTS) is 1. The van der Waals surface area contributed by atoms with E-state index < -0.39 is 29.8 Å². The molecule has 1 rings (SSSR count). The predicted molar refractivity (Wildman–Crippen MR) is 77.6 cm³/mol. The molecule has 0 radical (unpaired) electrons. The summed E-state index contributed by atoms with van der Waals surface area (Å²) >= 11 is 1.39. The van der Waals surface area contributed by atoms with Crippen LogP contribution < -0.4 is 5.32 Å². The molecule has 1 aromatic heterocycles. The van der Waals surface area contributed by atoms with Gasteiger partial charge in [-0.2, -0.15) is 16.1 Å². The number of carbonyl (C=O) groups excluding carboxylic acids is 2. The van der Waals surface area contributed by atoms with E-state index in [1.54, 1.807) is 16.8 Å². The maximum Gasteiger partial charge on any atom is 0.326 e. The second kappa shape index (κ2) is 8.83. The average Bonchev–Trinajstić information content (AvgIpc) is 2.98. The van der Waals surface area contributed by atoms with Gasteiger partial charge in [0.2, 0.25) is 5.78 Å². The third-order valence-electron chi connectivity index (χ3n) is 2.82. The fraction of sp³-hybridized carbons (Fsp3) is 0.385. The Kier molecular flexibility index (Phi) is 7.11. The van der Waals surface area contributed by atoms with E-state index in [0.29, 0.717) is 11.8 Å². The van der Waals surface area contributed by atoms with E-state index in [4.69, 9.17) is 15.4 Å². The number of carboxylic acids is 1. The molecule has 0 aromatic carbocycles. The maximum absolute atomic E-state index is 12.1. The first-order chi connectivity index (χ1) is 10.5. The first-order valence-electron chi connectivity index (χ1n) is 6.28. The molecule has 1 amide bonds. The van der Waals surface area contributed by atoms with E-state index in [-0.39, 0.29) is 12.8 Å². The van der Waals surface area contributed by atoms with Crippen LogP contribution in [0.5, 0.6) is 0 Å². The number of aliphatic carboxylic acids is 1. The smallest absolute Gasteiger partial charge is 0.326 e. The highest BCUT2D eigenvalue weighted by molar-refractivity contribution is 7.08. The Morgan fingerprint density at radius 3 is 2.77 bits per heavy atom. The number of methoxy groups -OCH3 is 1. The molecule has 0 unspecified atom stereocenters. The van der Waals surface area contributed by atoms with E-state index in [2.05, 4.69) is 10.1 Å². The van der Waals surface area contributed by atoms with Gasteiger partial charge in [0, 0.05) is 19.1 Å². The zero-order valence-electron chi connectivity index (χ0n) is 11.8. The van der Waals surface area contributed by atoms with E-state index in [0.717, 1.165) is 0 Å². The van der Waals surface area contributed by atoms with E-state index in [1.807, 2.05) is 0 Å². The zero-order chi connectivity index (χ0) is 16.5. The molecule has 1 heterocycles. The van der Waals surface area contributed by atoms with Crippen LogP contribution in [0.2, 0.25) is 0 Å². The van der Waals surface area contributed by atoms with Crippen LogP contribution in [-0.4, -0.2) is 46.9 Å². The molecule has 0 saturated carbocycles. The summed E-state index contributed by atoms with van der Waals surface area (Å²) in [5.41, 5.74) is 8.84. The van der Waals surface area contributed by atoms with Gasteiger partial charge in [-0.1, -0.05) is 0 Å². The molecule has 9 heteroatoms. The second-order valence-corrected chi connectivity index (χ2v) is 5.10. The van der Waals surface area contributed by atoms with E-state index in [9.17, 15) is 14.4 Å². The van der Waals surface area contributed by atoms with Crippen LogP contribution in [0.15, 0.2) is 16.8 Å². The Labute approximate surface area is 130 Å². The third-order valence-corrected chi connectivity index (χ3v) is 3.52. The first kappa shape index (κ1) is 17.7. The van der Waals surface area contributed by atoms with Gasteiger partial charge in [-0.25, -0.2) is 4.79 Å². The maximum atomic E-state index is 12.1. The lowest BCUT2D eigenvalue weighted by Gasteiger charge is -2.18. The summed E-state index contributed by atoms with van der Waals surface area (Å²) in [4.78, 5) is 37.0. The number of amides is 1. The lowest BCUT2D eigenvalue weighted by atomic mass is 10.1. The molecule has 0 aliphatic heterocycles. The topological polar surface area (TPSA) is 129 Å². The van der Waals surface area contributed by atoms with Crippen molar-refractivity contribution >= 4 is 35.2 Å². The highest BCUT2D eigenvalue weighted by Crippen LogP contribution is 2.20. The molecule has 2 N–H and O–H groups in total. The lowest BCUT2D eigenvalue weighted by Crippen LogP contribution is -2.43. The third kappa shape index (κ3) is 5.21. The molecule has 0 fully saturated rings. The molecule has 8 nitrogen and oxygen atoms in total. The molecule has 0 aliphatic carbocycles. The molecule has 1 aromatic rings. The highest BCUT2D eigenvalue weighted by Gasteiger charge is 2.27. The Morgan fingerprint density at radius 1 is 1.55 bits per heavy atom. The van der Waals surface area contributed by atoms with Crippen LogP contribution >= 0.6 is 11.3 Å². The summed E-state index contributed by atoms with van der Waals surface area (Å²) < 4.78 is 5.08. The van der Waals surface area contributed by atoms with Crippen LogP contribution in [0.25, 0.3) is 5.53 Å². The molecule has 0 spiro atoms. The lowest BCUT2D eigenvalue weighted by molar-refractivity contribution is -0.144. The fourth-order valence-corrected chi connectivity index (χ4v) is 2.41. The largest absolute Gasteiger partial charge is 0.480 e. The molecule has 2 atom stereocenters. The van der Waals surface area contributed by atoms with Crippen molar-refractivity contribution in [1.82, 2.24) is 5.32 Å². The average molecular weight is 325 g/mol. The summed E-state index contributed by atoms with van der Waals surface area (Å²) in [5.74, 6) is -2.40. The number of rotatable bonds is 9. The number of ketones is 1. The first-order valence-corrected chi connectivity index (χ1v) is 7.22. The van der Waals surface area contributed by atoms with Crippen molar-refractivity contribution in [2.45, 2.75) is 25.0 Å². The summed E-state index contributed by atoms with van der Waals surface area (Å²) in [6.45, 7) is 0. The number of hydrogen-bond donors (Lipinski definition) is 2. The quantitative estimate of drug-likeness (QED) is 0.391. The van der Waals surface area contributed by atoms with Gasteiger partial charge < -0.3 is 20.7 Å². The van der Waals surface area contributed by atoms with Crippen LogP contribution in [0, 0.1) is 0 Å². The van der Waals surface area contributed by atoms with Crippen molar-refractivity contribution in [3.05, 3.63) is 27.9 Å². The van der Waals surface area contributed by atoms with E-state index in [1.165, 1.54) is 18.4 Å². The number of carbonyl (C=O) groups is 3. The number of nitrogens with one attached hydrogen (secondary N) is 1. The second-order valence-electron chi connectivity index (χ2n) is 4.32. The Balaban J connectivity index is 2.69. The molecule has 0 saturated heterocycles. The van der Waals surface area contributed by atoms with Gasteiger partial charge in [-0.05, 0) is 23.2 Å². The summed E-state index contributed by atoms with van der Waals surface area (Å²) in [7, 11) is 1.35. The SMILES string of the molecule is CO[C@@H](C(=O)N[C@@H](CCC(=O)C=[N+]=[N-])C(=O)O)c1ccsc1. The van der Waals surface area contributed by atoms with Gasteiger partial charge >= 0.3 is 12.2 Å². The molecule has 0 bridgehead atoms. The minimum absolute atomic E-state index is 0.119. The molecule has 22 heavy (non-hydrogen) atoms. The zero-order valence-corrected chi connectivity index (χ0v) is 12.6. The Hall–Kier alpha value is -2.35.